The fourth-order valence-electron chi connectivity index (χ4n) is 2.18. The monoisotopic (exact) mass is 187 g/mol. The van der Waals surface area contributed by atoms with Gasteiger partial charge >= 0.3 is 0 Å². The highest BCUT2D eigenvalue weighted by molar-refractivity contribution is 4.82. The van der Waals surface area contributed by atoms with E-state index in [1.54, 1.807) is 0 Å². The summed E-state index contributed by atoms with van der Waals surface area (Å²) in [5, 5.41) is 0. The summed E-state index contributed by atoms with van der Waals surface area (Å²) in [6, 6.07) is 0. The Morgan fingerprint density at radius 2 is 1.92 bits per heavy atom. The van der Waals surface area contributed by atoms with Crippen molar-refractivity contribution in [3.63, 3.8) is 0 Å². The minimum atomic E-state index is -0.652. The van der Waals surface area contributed by atoms with Crippen LogP contribution in [0, 0.1) is 11.3 Å². The lowest BCUT2D eigenvalue weighted by Crippen LogP contribution is -2.28. The van der Waals surface area contributed by atoms with Crippen LogP contribution in [0.15, 0.2) is 0 Å². The van der Waals surface area contributed by atoms with E-state index in [-0.39, 0.29) is 5.92 Å². The molecule has 0 radical (unpaired) electrons. The molecule has 1 unspecified atom stereocenters. The van der Waals surface area contributed by atoms with Crippen LogP contribution < -0.4 is 5.73 Å². The molecule has 1 aliphatic rings. The van der Waals surface area contributed by atoms with Crippen molar-refractivity contribution in [1.29, 1.82) is 0 Å². The zero-order valence-corrected chi connectivity index (χ0v) is 8.85. The van der Waals surface area contributed by atoms with Gasteiger partial charge < -0.3 is 5.73 Å². The summed E-state index contributed by atoms with van der Waals surface area (Å²) in [5.41, 5.74) is 5.79. The first-order valence-corrected chi connectivity index (χ1v) is 5.39. The Hall–Kier alpha value is -0.110. The maximum atomic E-state index is 13.5. The summed E-state index contributed by atoms with van der Waals surface area (Å²) in [7, 11) is 0. The smallest absolute Gasteiger partial charge is 0.104 e. The predicted molar refractivity (Wildman–Crippen MR) is 54.3 cm³/mol. The van der Waals surface area contributed by atoms with Crippen molar-refractivity contribution in [2.24, 2.45) is 17.1 Å². The van der Waals surface area contributed by atoms with E-state index in [1.807, 2.05) is 0 Å². The van der Waals surface area contributed by atoms with E-state index in [0.717, 1.165) is 12.8 Å². The Balaban J connectivity index is 2.32. The van der Waals surface area contributed by atoms with E-state index in [1.165, 1.54) is 12.8 Å². The third-order valence-electron chi connectivity index (χ3n) is 3.34. The summed E-state index contributed by atoms with van der Waals surface area (Å²) in [6.45, 7) is 5.04. The topological polar surface area (TPSA) is 26.0 Å². The molecule has 1 fully saturated rings. The Bertz CT molecular complexity index is 146. The molecule has 1 nitrogen and oxygen atoms in total. The van der Waals surface area contributed by atoms with Crippen LogP contribution in [-0.4, -0.2) is 12.7 Å². The third-order valence-corrected chi connectivity index (χ3v) is 3.34. The van der Waals surface area contributed by atoms with Crippen molar-refractivity contribution >= 4 is 0 Å². The van der Waals surface area contributed by atoms with Gasteiger partial charge in [0.2, 0.25) is 0 Å². The maximum Gasteiger partial charge on any atom is 0.104 e. The summed E-state index contributed by atoms with van der Waals surface area (Å²) in [5.74, 6) is 0.288. The molecule has 0 amide bonds. The maximum absolute atomic E-state index is 13.5. The third kappa shape index (κ3) is 3.26. The zero-order chi connectivity index (χ0) is 9.90. The van der Waals surface area contributed by atoms with Gasteiger partial charge in [0.05, 0.1) is 0 Å². The van der Waals surface area contributed by atoms with Crippen LogP contribution in [0.2, 0.25) is 0 Å². The normalized spacial score (nSPS) is 25.8. The molecular formula is C11H22FN. The van der Waals surface area contributed by atoms with E-state index in [9.17, 15) is 4.39 Å². The number of halogens is 1. The number of hydrogen-bond donors (Lipinski definition) is 1. The molecule has 78 valence electrons. The molecular weight excluding hydrogens is 165 g/mol. The number of nitrogens with two attached hydrogens (primary N) is 1. The van der Waals surface area contributed by atoms with Gasteiger partial charge in [-0.05, 0) is 50.0 Å². The average Bonchev–Trinajstić information content (AvgIpc) is 2.04. The van der Waals surface area contributed by atoms with Crippen molar-refractivity contribution < 1.29 is 4.39 Å². The van der Waals surface area contributed by atoms with Crippen LogP contribution in [0.5, 0.6) is 0 Å². The lowest BCUT2D eigenvalue weighted by Gasteiger charge is -2.35. The van der Waals surface area contributed by atoms with E-state index in [4.69, 9.17) is 5.73 Å². The molecule has 1 aliphatic carbocycles. The molecule has 2 N–H and O–H groups in total. The highest BCUT2D eigenvalue weighted by atomic mass is 19.1. The molecule has 0 spiro atoms. The van der Waals surface area contributed by atoms with Crippen molar-refractivity contribution in [2.45, 2.75) is 52.1 Å². The minimum Gasteiger partial charge on any atom is -0.330 e. The molecule has 0 heterocycles. The first-order chi connectivity index (χ1) is 6.05. The lowest BCUT2D eigenvalue weighted by atomic mass is 9.71. The van der Waals surface area contributed by atoms with E-state index >= 15 is 0 Å². The average molecular weight is 187 g/mol. The van der Waals surface area contributed by atoms with Crippen LogP contribution in [0.1, 0.15) is 46.0 Å². The van der Waals surface area contributed by atoms with Crippen molar-refractivity contribution in [1.82, 2.24) is 0 Å². The first-order valence-electron chi connectivity index (χ1n) is 5.39. The van der Waals surface area contributed by atoms with Crippen LogP contribution in [0.25, 0.3) is 0 Å². The molecule has 0 aliphatic heterocycles. The molecule has 1 atom stereocenters. The van der Waals surface area contributed by atoms with Gasteiger partial charge in [0.15, 0.2) is 0 Å². The minimum absolute atomic E-state index is 0.288. The second kappa shape index (κ2) is 4.41. The van der Waals surface area contributed by atoms with Crippen LogP contribution in [-0.2, 0) is 0 Å². The standard InChI is InChI=1S/C11H22FN/c1-11(2)6-3-9(4-7-11)10(12)5-8-13/h9-10H,3-8,13H2,1-2H3. The van der Waals surface area contributed by atoms with Gasteiger partial charge in [-0.1, -0.05) is 13.8 Å². The van der Waals surface area contributed by atoms with Gasteiger partial charge in [-0.25, -0.2) is 4.39 Å². The molecule has 13 heavy (non-hydrogen) atoms. The van der Waals surface area contributed by atoms with Gasteiger partial charge in [-0.2, -0.15) is 0 Å². The number of hydrogen-bond acceptors (Lipinski definition) is 1. The fourth-order valence-corrected chi connectivity index (χ4v) is 2.18. The molecule has 1 rings (SSSR count). The van der Waals surface area contributed by atoms with Gasteiger partial charge in [0, 0.05) is 0 Å². The molecule has 0 bridgehead atoms. The van der Waals surface area contributed by atoms with E-state index in [2.05, 4.69) is 13.8 Å². The molecule has 1 saturated carbocycles. The van der Waals surface area contributed by atoms with Crippen molar-refractivity contribution in [3.05, 3.63) is 0 Å². The van der Waals surface area contributed by atoms with Crippen molar-refractivity contribution in [2.75, 3.05) is 6.54 Å². The molecule has 2 heteroatoms. The highest BCUT2D eigenvalue weighted by Crippen LogP contribution is 2.40. The van der Waals surface area contributed by atoms with E-state index < -0.39 is 6.17 Å². The van der Waals surface area contributed by atoms with Crippen LogP contribution >= 0.6 is 0 Å². The first kappa shape index (κ1) is 11.0. The summed E-state index contributed by atoms with van der Waals surface area (Å²) < 4.78 is 13.5. The largest absolute Gasteiger partial charge is 0.330 e. The lowest BCUT2D eigenvalue weighted by molar-refractivity contribution is 0.116. The zero-order valence-electron chi connectivity index (χ0n) is 8.85. The summed E-state index contributed by atoms with van der Waals surface area (Å²) in [4.78, 5) is 0. The van der Waals surface area contributed by atoms with Crippen LogP contribution in [0.3, 0.4) is 0 Å². The highest BCUT2D eigenvalue weighted by Gasteiger charge is 2.30. The fraction of sp³-hybridized carbons (Fsp3) is 1.00. The van der Waals surface area contributed by atoms with E-state index in [0.29, 0.717) is 18.4 Å². The quantitative estimate of drug-likeness (QED) is 0.722. The molecule has 0 aromatic heterocycles. The van der Waals surface area contributed by atoms with Gasteiger partial charge in [-0.15, -0.1) is 0 Å². The predicted octanol–water partition coefficient (Wildman–Crippen LogP) is 2.89. The Labute approximate surface area is 80.9 Å². The van der Waals surface area contributed by atoms with Gasteiger partial charge in [-0.3, -0.25) is 0 Å². The summed E-state index contributed by atoms with van der Waals surface area (Å²) >= 11 is 0. The Morgan fingerprint density at radius 3 is 2.38 bits per heavy atom. The number of alkyl halides is 1. The van der Waals surface area contributed by atoms with Gasteiger partial charge in [0.25, 0.3) is 0 Å². The molecule has 0 aromatic rings. The summed E-state index contributed by atoms with van der Waals surface area (Å²) in [6.07, 6.45) is 4.33. The molecule has 0 saturated heterocycles. The second-order valence-corrected chi connectivity index (χ2v) is 5.09. The second-order valence-electron chi connectivity index (χ2n) is 5.09. The van der Waals surface area contributed by atoms with Crippen molar-refractivity contribution in [3.8, 4) is 0 Å². The Morgan fingerprint density at radius 1 is 1.38 bits per heavy atom. The number of rotatable bonds is 3. The molecule has 0 aromatic carbocycles. The Kier molecular flexibility index (Phi) is 3.72. The van der Waals surface area contributed by atoms with Crippen LogP contribution in [0.4, 0.5) is 4.39 Å². The van der Waals surface area contributed by atoms with Gasteiger partial charge in [0.1, 0.15) is 6.17 Å². The SMILES string of the molecule is CC1(C)CCC(C(F)CCN)CC1.